The summed E-state index contributed by atoms with van der Waals surface area (Å²) in [6.45, 7) is 3.67. The highest BCUT2D eigenvalue weighted by molar-refractivity contribution is 5.81. The first kappa shape index (κ1) is 9.76. The van der Waals surface area contributed by atoms with E-state index in [-0.39, 0.29) is 11.7 Å². The molecular formula is C10H9N5O2. The van der Waals surface area contributed by atoms with Crippen molar-refractivity contribution < 1.29 is 8.83 Å². The molecule has 0 bridgehead atoms. The van der Waals surface area contributed by atoms with Crippen molar-refractivity contribution in [3.05, 3.63) is 17.8 Å². The molecule has 3 aromatic rings. The van der Waals surface area contributed by atoms with Crippen LogP contribution in [0.15, 0.2) is 15.2 Å². The Kier molecular flexibility index (Phi) is 1.88. The number of fused-ring (bicyclic) bond motifs is 1. The van der Waals surface area contributed by atoms with Gasteiger partial charge in [-0.25, -0.2) is 9.97 Å². The standard InChI is InChI=1S/C10H9N5O2/c1-4-5(2)16-9(14-4)10-15-6-7(11)12-3-13-8(6)17-10/h3H,1-2H3,(H2,11,12,13). The van der Waals surface area contributed by atoms with Gasteiger partial charge in [-0.15, -0.1) is 0 Å². The molecule has 0 aliphatic rings. The quantitative estimate of drug-likeness (QED) is 0.676. The fraction of sp³-hybridized carbons (Fsp3) is 0.200. The van der Waals surface area contributed by atoms with Gasteiger partial charge < -0.3 is 14.6 Å². The number of oxazole rings is 2. The Morgan fingerprint density at radius 1 is 1.06 bits per heavy atom. The van der Waals surface area contributed by atoms with Crippen LogP contribution in [-0.4, -0.2) is 19.9 Å². The largest absolute Gasteiger partial charge is 0.438 e. The zero-order valence-electron chi connectivity index (χ0n) is 9.26. The molecule has 86 valence electrons. The number of aromatic nitrogens is 4. The van der Waals surface area contributed by atoms with Crippen LogP contribution in [0.5, 0.6) is 0 Å². The summed E-state index contributed by atoms with van der Waals surface area (Å²) < 4.78 is 10.8. The van der Waals surface area contributed by atoms with E-state index in [1.54, 1.807) is 0 Å². The van der Waals surface area contributed by atoms with Gasteiger partial charge in [0.1, 0.15) is 12.1 Å². The molecule has 0 radical (unpaired) electrons. The summed E-state index contributed by atoms with van der Waals surface area (Å²) in [5, 5.41) is 0. The van der Waals surface area contributed by atoms with Crippen LogP contribution >= 0.6 is 0 Å². The second kappa shape index (κ2) is 3.27. The van der Waals surface area contributed by atoms with Crippen LogP contribution in [0.3, 0.4) is 0 Å². The Morgan fingerprint density at radius 2 is 1.82 bits per heavy atom. The highest BCUT2D eigenvalue weighted by Crippen LogP contribution is 2.25. The molecule has 0 amide bonds. The van der Waals surface area contributed by atoms with Gasteiger partial charge in [0.05, 0.1) is 5.69 Å². The average Bonchev–Trinajstić information content (AvgIpc) is 2.85. The Hall–Kier alpha value is -2.44. The van der Waals surface area contributed by atoms with E-state index in [4.69, 9.17) is 14.6 Å². The van der Waals surface area contributed by atoms with Gasteiger partial charge in [0.25, 0.3) is 17.5 Å². The molecule has 3 rings (SSSR count). The molecule has 7 heteroatoms. The highest BCUT2D eigenvalue weighted by Gasteiger charge is 2.17. The first-order chi connectivity index (χ1) is 8.15. The summed E-state index contributed by atoms with van der Waals surface area (Å²) >= 11 is 0. The van der Waals surface area contributed by atoms with E-state index >= 15 is 0 Å². The molecule has 0 aliphatic heterocycles. The third kappa shape index (κ3) is 1.43. The molecular weight excluding hydrogens is 222 g/mol. The lowest BCUT2D eigenvalue weighted by Crippen LogP contribution is -1.91. The molecule has 0 unspecified atom stereocenters. The van der Waals surface area contributed by atoms with Crippen molar-refractivity contribution in [3.8, 4) is 11.8 Å². The van der Waals surface area contributed by atoms with E-state index in [0.717, 1.165) is 11.5 Å². The predicted molar refractivity (Wildman–Crippen MR) is 59.0 cm³/mol. The number of nitrogens with two attached hydrogens (primary N) is 1. The van der Waals surface area contributed by atoms with Gasteiger partial charge >= 0.3 is 0 Å². The summed E-state index contributed by atoms with van der Waals surface area (Å²) in [4.78, 5) is 16.1. The van der Waals surface area contributed by atoms with Crippen LogP contribution in [-0.2, 0) is 0 Å². The first-order valence-electron chi connectivity index (χ1n) is 4.96. The molecule has 0 spiro atoms. The third-order valence-corrected chi connectivity index (χ3v) is 2.44. The monoisotopic (exact) mass is 231 g/mol. The van der Waals surface area contributed by atoms with Gasteiger partial charge in [-0.3, -0.25) is 0 Å². The van der Waals surface area contributed by atoms with Gasteiger partial charge in [-0.05, 0) is 13.8 Å². The zero-order valence-corrected chi connectivity index (χ0v) is 9.26. The molecule has 0 aliphatic carbocycles. The van der Waals surface area contributed by atoms with Crippen molar-refractivity contribution in [2.24, 2.45) is 0 Å². The van der Waals surface area contributed by atoms with Crippen molar-refractivity contribution in [2.45, 2.75) is 13.8 Å². The molecule has 7 nitrogen and oxygen atoms in total. The van der Waals surface area contributed by atoms with Crippen LogP contribution in [0, 0.1) is 13.8 Å². The number of hydrogen-bond acceptors (Lipinski definition) is 7. The topological polar surface area (TPSA) is 104 Å². The number of anilines is 1. The lowest BCUT2D eigenvalue weighted by atomic mass is 10.4. The maximum absolute atomic E-state index is 5.66. The van der Waals surface area contributed by atoms with Crippen molar-refractivity contribution in [1.29, 1.82) is 0 Å². The van der Waals surface area contributed by atoms with Crippen LogP contribution in [0.4, 0.5) is 5.82 Å². The van der Waals surface area contributed by atoms with E-state index in [9.17, 15) is 0 Å². The molecule has 0 saturated heterocycles. The van der Waals surface area contributed by atoms with E-state index in [2.05, 4.69) is 19.9 Å². The van der Waals surface area contributed by atoms with Gasteiger partial charge in [0.2, 0.25) is 0 Å². The third-order valence-electron chi connectivity index (χ3n) is 2.44. The lowest BCUT2D eigenvalue weighted by molar-refractivity contribution is 0.503. The molecule has 0 saturated carbocycles. The molecule has 0 fully saturated rings. The maximum atomic E-state index is 5.66. The van der Waals surface area contributed by atoms with E-state index < -0.39 is 0 Å². The van der Waals surface area contributed by atoms with Crippen molar-refractivity contribution in [3.63, 3.8) is 0 Å². The van der Waals surface area contributed by atoms with E-state index in [1.807, 2.05) is 13.8 Å². The van der Waals surface area contributed by atoms with Crippen molar-refractivity contribution in [2.75, 3.05) is 5.73 Å². The summed E-state index contributed by atoms with van der Waals surface area (Å²) in [5.41, 5.74) is 7.18. The Bertz CT molecular complexity index is 680. The molecule has 0 aromatic carbocycles. The lowest BCUT2D eigenvalue weighted by Gasteiger charge is -1.87. The Morgan fingerprint density at radius 3 is 2.47 bits per heavy atom. The van der Waals surface area contributed by atoms with Crippen molar-refractivity contribution >= 4 is 17.0 Å². The fourth-order valence-corrected chi connectivity index (χ4v) is 1.43. The van der Waals surface area contributed by atoms with Crippen LogP contribution in [0.1, 0.15) is 11.5 Å². The summed E-state index contributed by atoms with van der Waals surface area (Å²) in [6.07, 6.45) is 1.32. The predicted octanol–water partition coefficient (Wildman–Crippen LogP) is 1.47. The Balaban J connectivity index is 2.21. The van der Waals surface area contributed by atoms with E-state index in [0.29, 0.717) is 17.1 Å². The zero-order chi connectivity index (χ0) is 12.0. The second-order valence-corrected chi connectivity index (χ2v) is 3.59. The molecule has 17 heavy (non-hydrogen) atoms. The van der Waals surface area contributed by atoms with Crippen molar-refractivity contribution in [1.82, 2.24) is 19.9 Å². The summed E-state index contributed by atoms with van der Waals surface area (Å²) in [7, 11) is 0. The maximum Gasteiger partial charge on any atom is 0.286 e. The number of rotatable bonds is 1. The molecule has 0 atom stereocenters. The minimum absolute atomic E-state index is 0.253. The average molecular weight is 231 g/mol. The fourth-order valence-electron chi connectivity index (χ4n) is 1.43. The molecule has 2 N–H and O–H groups in total. The normalized spacial score (nSPS) is 11.2. The summed E-state index contributed by atoms with van der Waals surface area (Å²) in [6, 6.07) is 0. The smallest absolute Gasteiger partial charge is 0.286 e. The second-order valence-electron chi connectivity index (χ2n) is 3.59. The number of nitrogen functional groups attached to an aromatic ring is 1. The van der Waals surface area contributed by atoms with Gasteiger partial charge in [0.15, 0.2) is 11.3 Å². The molecule has 3 heterocycles. The number of hydrogen-bond donors (Lipinski definition) is 1. The summed E-state index contributed by atoms with van der Waals surface area (Å²) in [5.74, 6) is 1.56. The minimum atomic E-state index is 0.253. The SMILES string of the molecule is Cc1nc(-c2nc3c(N)ncnc3o2)oc1C. The first-order valence-corrected chi connectivity index (χ1v) is 4.96. The Labute approximate surface area is 95.7 Å². The van der Waals surface area contributed by atoms with Crippen LogP contribution in [0.25, 0.3) is 23.0 Å². The van der Waals surface area contributed by atoms with Gasteiger partial charge in [-0.2, -0.15) is 9.97 Å². The minimum Gasteiger partial charge on any atom is -0.438 e. The van der Waals surface area contributed by atoms with E-state index in [1.165, 1.54) is 6.33 Å². The van der Waals surface area contributed by atoms with Crippen LogP contribution < -0.4 is 5.73 Å². The van der Waals surface area contributed by atoms with Gasteiger partial charge in [0, 0.05) is 0 Å². The highest BCUT2D eigenvalue weighted by atomic mass is 16.4. The van der Waals surface area contributed by atoms with Gasteiger partial charge in [-0.1, -0.05) is 0 Å². The number of nitrogens with zero attached hydrogens (tertiary/aromatic N) is 4. The molecule has 3 aromatic heterocycles. The number of aryl methyl sites for hydroxylation is 2. The van der Waals surface area contributed by atoms with Crippen LogP contribution in [0.2, 0.25) is 0 Å².